The van der Waals surface area contributed by atoms with Crippen LogP contribution in [0.3, 0.4) is 0 Å². The van der Waals surface area contributed by atoms with Gasteiger partial charge in [-0.3, -0.25) is 4.90 Å². The molecular weight excluding hydrogens is 272 g/mol. The van der Waals surface area contributed by atoms with E-state index in [0.717, 1.165) is 16.9 Å². The molecule has 0 heterocycles. The largest absolute Gasteiger partial charge is 0.489 e. The van der Waals surface area contributed by atoms with Crippen molar-refractivity contribution in [1.82, 2.24) is 4.90 Å². The zero-order valence-electron chi connectivity index (χ0n) is 12.8. The molecule has 0 spiro atoms. The Labute approximate surface area is 131 Å². The van der Waals surface area contributed by atoms with Gasteiger partial charge in [0, 0.05) is 6.04 Å². The fourth-order valence-corrected chi connectivity index (χ4v) is 2.58. The van der Waals surface area contributed by atoms with Crippen molar-refractivity contribution in [2.75, 3.05) is 7.05 Å². The molecule has 0 aliphatic heterocycles. The van der Waals surface area contributed by atoms with Gasteiger partial charge in [-0.25, -0.2) is 0 Å². The van der Waals surface area contributed by atoms with Gasteiger partial charge < -0.3 is 4.74 Å². The first kappa shape index (κ1) is 14.6. The van der Waals surface area contributed by atoms with Gasteiger partial charge in [0.1, 0.15) is 18.4 Å². The van der Waals surface area contributed by atoms with Crippen LogP contribution in [0.2, 0.25) is 0 Å². The number of rotatable bonds is 6. The first-order valence-electron chi connectivity index (χ1n) is 7.66. The molecule has 3 heteroatoms. The minimum absolute atomic E-state index is 0.171. The van der Waals surface area contributed by atoms with Crippen LogP contribution >= 0.6 is 0 Å². The molecule has 1 fully saturated rings. The Bertz CT molecular complexity index is 641. The van der Waals surface area contributed by atoms with Crippen LogP contribution in [-0.2, 0) is 6.61 Å². The Balaban J connectivity index is 1.63. The minimum Gasteiger partial charge on any atom is -0.489 e. The highest BCUT2D eigenvalue weighted by Gasteiger charge is 2.31. The number of nitriles is 1. The second-order valence-electron chi connectivity index (χ2n) is 5.77. The van der Waals surface area contributed by atoms with Crippen LogP contribution < -0.4 is 4.74 Å². The van der Waals surface area contributed by atoms with Gasteiger partial charge in [0.15, 0.2) is 0 Å². The van der Waals surface area contributed by atoms with E-state index in [2.05, 4.69) is 11.0 Å². The average Bonchev–Trinajstić information content (AvgIpc) is 3.40. The average molecular weight is 292 g/mol. The Hall–Kier alpha value is -2.31. The van der Waals surface area contributed by atoms with Crippen LogP contribution in [0.4, 0.5) is 0 Å². The van der Waals surface area contributed by atoms with Crippen molar-refractivity contribution in [2.45, 2.75) is 31.5 Å². The van der Waals surface area contributed by atoms with Crippen LogP contribution in [-0.4, -0.2) is 18.0 Å². The molecule has 1 saturated carbocycles. The molecule has 0 radical (unpaired) electrons. The highest BCUT2D eigenvalue weighted by molar-refractivity contribution is 5.32. The molecule has 3 rings (SSSR count). The lowest BCUT2D eigenvalue weighted by atomic mass is 10.1. The Morgan fingerprint density at radius 3 is 2.41 bits per heavy atom. The van der Waals surface area contributed by atoms with E-state index >= 15 is 0 Å². The number of hydrogen-bond donors (Lipinski definition) is 0. The summed E-state index contributed by atoms with van der Waals surface area (Å²) in [4.78, 5) is 2.17. The van der Waals surface area contributed by atoms with E-state index < -0.39 is 0 Å². The molecule has 0 aromatic heterocycles. The smallest absolute Gasteiger partial charge is 0.123 e. The zero-order chi connectivity index (χ0) is 15.4. The molecule has 22 heavy (non-hydrogen) atoms. The predicted octanol–water partition coefficient (Wildman–Crippen LogP) is 3.92. The topological polar surface area (TPSA) is 36.3 Å². The van der Waals surface area contributed by atoms with E-state index in [1.54, 1.807) is 0 Å². The molecule has 0 N–H and O–H groups in total. The van der Waals surface area contributed by atoms with Crippen molar-refractivity contribution >= 4 is 0 Å². The van der Waals surface area contributed by atoms with E-state index in [4.69, 9.17) is 4.74 Å². The third-order valence-corrected chi connectivity index (χ3v) is 4.10. The molecule has 1 unspecified atom stereocenters. The third kappa shape index (κ3) is 3.47. The third-order valence-electron chi connectivity index (χ3n) is 4.10. The highest BCUT2D eigenvalue weighted by Crippen LogP contribution is 2.33. The summed E-state index contributed by atoms with van der Waals surface area (Å²) in [7, 11) is 2.03. The summed E-state index contributed by atoms with van der Waals surface area (Å²) in [6.07, 6.45) is 2.40. The zero-order valence-corrected chi connectivity index (χ0v) is 12.8. The summed E-state index contributed by atoms with van der Waals surface area (Å²) < 4.78 is 5.78. The normalized spacial score (nSPS) is 15.3. The van der Waals surface area contributed by atoms with Crippen molar-refractivity contribution in [2.24, 2.45) is 0 Å². The predicted molar refractivity (Wildman–Crippen MR) is 86.4 cm³/mol. The van der Waals surface area contributed by atoms with E-state index in [1.165, 1.54) is 12.8 Å². The molecule has 0 saturated heterocycles. The molecule has 1 atom stereocenters. The Kier molecular flexibility index (Phi) is 4.41. The van der Waals surface area contributed by atoms with Gasteiger partial charge in [-0.1, -0.05) is 42.5 Å². The standard InChI is InChI=1S/C19H20N2O/c1-21(17-9-10-17)19(13-20)16-7-11-18(12-8-16)22-14-15-5-3-2-4-6-15/h2-8,11-12,17,19H,9-10,14H2,1H3. The fourth-order valence-electron chi connectivity index (χ4n) is 2.58. The summed E-state index contributed by atoms with van der Waals surface area (Å²) in [6.45, 7) is 0.559. The summed E-state index contributed by atoms with van der Waals surface area (Å²) in [5, 5.41) is 9.42. The lowest BCUT2D eigenvalue weighted by Crippen LogP contribution is -2.25. The molecular formula is C19H20N2O. The van der Waals surface area contributed by atoms with E-state index in [0.29, 0.717) is 12.6 Å². The molecule has 3 nitrogen and oxygen atoms in total. The van der Waals surface area contributed by atoms with Gasteiger partial charge in [-0.05, 0) is 43.1 Å². The molecule has 0 amide bonds. The second-order valence-corrected chi connectivity index (χ2v) is 5.77. The lowest BCUT2D eigenvalue weighted by Gasteiger charge is -2.22. The highest BCUT2D eigenvalue weighted by atomic mass is 16.5. The summed E-state index contributed by atoms with van der Waals surface area (Å²) in [5.41, 5.74) is 2.18. The monoisotopic (exact) mass is 292 g/mol. The first-order valence-corrected chi connectivity index (χ1v) is 7.66. The molecule has 2 aromatic carbocycles. The fraction of sp³-hybridized carbons (Fsp3) is 0.316. The van der Waals surface area contributed by atoms with E-state index in [-0.39, 0.29) is 6.04 Å². The first-order chi connectivity index (χ1) is 10.8. The number of nitrogens with zero attached hydrogens (tertiary/aromatic N) is 2. The number of hydrogen-bond acceptors (Lipinski definition) is 3. The Morgan fingerprint density at radius 2 is 1.82 bits per heavy atom. The van der Waals surface area contributed by atoms with Gasteiger partial charge in [0.25, 0.3) is 0 Å². The maximum Gasteiger partial charge on any atom is 0.123 e. The maximum atomic E-state index is 9.42. The SMILES string of the molecule is CN(C1CC1)C(C#N)c1ccc(OCc2ccccc2)cc1. The molecule has 1 aliphatic rings. The van der Waals surface area contributed by atoms with Crippen LogP contribution in [0, 0.1) is 11.3 Å². The molecule has 1 aliphatic carbocycles. The van der Waals surface area contributed by atoms with Gasteiger partial charge in [0.2, 0.25) is 0 Å². The quantitative estimate of drug-likeness (QED) is 0.809. The number of benzene rings is 2. The molecule has 2 aromatic rings. The van der Waals surface area contributed by atoms with Crippen molar-refractivity contribution in [3.63, 3.8) is 0 Å². The van der Waals surface area contributed by atoms with E-state index in [1.807, 2.05) is 61.6 Å². The van der Waals surface area contributed by atoms with Crippen molar-refractivity contribution in [1.29, 1.82) is 5.26 Å². The van der Waals surface area contributed by atoms with Crippen molar-refractivity contribution in [3.8, 4) is 11.8 Å². The molecule has 0 bridgehead atoms. The Morgan fingerprint density at radius 1 is 1.14 bits per heavy atom. The van der Waals surface area contributed by atoms with Crippen LogP contribution in [0.1, 0.15) is 30.0 Å². The summed E-state index contributed by atoms with van der Waals surface area (Å²) in [5.74, 6) is 0.832. The minimum atomic E-state index is -0.171. The van der Waals surface area contributed by atoms with Crippen LogP contribution in [0.15, 0.2) is 54.6 Å². The summed E-state index contributed by atoms with van der Waals surface area (Å²) >= 11 is 0. The van der Waals surface area contributed by atoms with Crippen molar-refractivity contribution in [3.05, 3.63) is 65.7 Å². The van der Waals surface area contributed by atoms with Crippen LogP contribution in [0.5, 0.6) is 5.75 Å². The van der Waals surface area contributed by atoms with Gasteiger partial charge in [0.05, 0.1) is 6.07 Å². The van der Waals surface area contributed by atoms with Gasteiger partial charge in [-0.15, -0.1) is 0 Å². The maximum absolute atomic E-state index is 9.42. The number of ether oxygens (including phenoxy) is 1. The van der Waals surface area contributed by atoms with Gasteiger partial charge in [-0.2, -0.15) is 5.26 Å². The molecule has 112 valence electrons. The van der Waals surface area contributed by atoms with E-state index in [9.17, 15) is 5.26 Å². The summed E-state index contributed by atoms with van der Waals surface area (Å²) in [6, 6.07) is 20.8. The second kappa shape index (κ2) is 6.64. The van der Waals surface area contributed by atoms with Gasteiger partial charge >= 0.3 is 0 Å². The van der Waals surface area contributed by atoms with Crippen molar-refractivity contribution < 1.29 is 4.74 Å². The van der Waals surface area contributed by atoms with Crippen LogP contribution in [0.25, 0.3) is 0 Å². The lowest BCUT2D eigenvalue weighted by molar-refractivity contribution is 0.280.